The standard InChI is InChI=1S/C33H38ClFN6O4/c1-38-15-5-7-23(38)20-45-33-36-26-19-40(27-8-4-6-21-9-10-25(35)31(34)30(21)27)17-14-24(26)32(37-33)39(2)22-13-16-41(18-22)28(42)11-12-29(43)44-3/h4,6,8-12,22-23H,5,7,13-20H2,1-3H3/b12-11+/t22-,23+/m1/s1. The lowest BCUT2D eigenvalue weighted by molar-refractivity contribution is -0.135. The van der Waals surface area contributed by atoms with E-state index >= 15 is 0 Å². The molecule has 12 heteroatoms. The summed E-state index contributed by atoms with van der Waals surface area (Å²) in [5.41, 5.74) is 2.74. The number of carbonyl (C=O) groups excluding carboxylic acids is 2. The summed E-state index contributed by atoms with van der Waals surface area (Å²) < 4.78 is 25.4. The van der Waals surface area contributed by atoms with Crippen LogP contribution in [0, 0.1) is 5.82 Å². The monoisotopic (exact) mass is 636 g/mol. The van der Waals surface area contributed by atoms with Gasteiger partial charge in [0, 0.05) is 67.6 Å². The highest BCUT2D eigenvalue weighted by molar-refractivity contribution is 6.36. The molecule has 3 aliphatic heterocycles. The fourth-order valence-electron chi connectivity index (χ4n) is 6.61. The predicted octanol–water partition coefficient (Wildman–Crippen LogP) is 4.22. The number of halogens is 2. The van der Waals surface area contributed by atoms with Crippen molar-refractivity contribution in [1.82, 2.24) is 19.8 Å². The highest BCUT2D eigenvalue weighted by Gasteiger charge is 2.33. The van der Waals surface area contributed by atoms with Crippen LogP contribution in [0.4, 0.5) is 15.9 Å². The second kappa shape index (κ2) is 13.2. The lowest BCUT2D eigenvalue weighted by Crippen LogP contribution is -2.39. The molecule has 2 atom stereocenters. The first kappa shape index (κ1) is 31.0. The second-order valence-electron chi connectivity index (χ2n) is 11.9. The molecule has 0 spiro atoms. The van der Waals surface area contributed by atoms with Gasteiger partial charge in [-0.3, -0.25) is 4.79 Å². The number of likely N-dealkylation sites (tertiary alicyclic amines) is 2. The Balaban J connectivity index is 1.29. The molecule has 4 heterocycles. The topological polar surface area (TPSA) is 91.3 Å². The van der Waals surface area contributed by atoms with Crippen molar-refractivity contribution in [2.75, 3.05) is 63.8 Å². The molecule has 0 N–H and O–H groups in total. The van der Waals surface area contributed by atoms with E-state index in [1.54, 1.807) is 11.0 Å². The van der Waals surface area contributed by atoms with Crippen LogP contribution in [0.5, 0.6) is 6.01 Å². The number of aromatic nitrogens is 2. The summed E-state index contributed by atoms with van der Waals surface area (Å²) in [4.78, 5) is 42.4. The van der Waals surface area contributed by atoms with Crippen LogP contribution in [-0.4, -0.2) is 97.7 Å². The summed E-state index contributed by atoms with van der Waals surface area (Å²) in [6.45, 7) is 3.76. The van der Waals surface area contributed by atoms with Crippen molar-refractivity contribution < 1.29 is 23.5 Å². The SMILES string of the molecule is COC(=O)/C=C/C(=O)N1CC[C@@H](N(C)c2nc(OC[C@@H]3CCCN3C)nc3c2CCN(c2cccc4ccc(F)c(Cl)c24)C3)C1. The lowest BCUT2D eigenvalue weighted by Gasteiger charge is -2.35. The van der Waals surface area contributed by atoms with Gasteiger partial charge >= 0.3 is 12.0 Å². The smallest absolute Gasteiger partial charge is 0.330 e. The van der Waals surface area contributed by atoms with Crippen molar-refractivity contribution in [3.63, 3.8) is 0 Å². The quantitative estimate of drug-likeness (QED) is 0.266. The molecule has 0 saturated carbocycles. The number of carbonyl (C=O) groups is 2. The largest absolute Gasteiger partial charge is 0.466 e. The minimum absolute atomic E-state index is 0.0196. The molecule has 10 nitrogen and oxygen atoms in total. The fourth-order valence-corrected chi connectivity index (χ4v) is 6.88. The van der Waals surface area contributed by atoms with Crippen molar-refractivity contribution in [3.05, 3.63) is 64.6 Å². The van der Waals surface area contributed by atoms with E-state index in [1.807, 2.05) is 25.2 Å². The fraction of sp³-hybridized carbons (Fsp3) is 0.455. The van der Waals surface area contributed by atoms with Crippen LogP contribution in [0.2, 0.25) is 5.02 Å². The van der Waals surface area contributed by atoms with Gasteiger partial charge in [-0.1, -0.05) is 29.8 Å². The third-order valence-corrected chi connectivity index (χ3v) is 9.64. The number of likely N-dealkylation sites (N-methyl/N-ethyl adjacent to an activating group) is 2. The Morgan fingerprint density at radius 1 is 1.13 bits per heavy atom. The lowest BCUT2D eigenvalue weighted by atomic mass is 10.0. The van der Waals surface area contributed by atoms with E-state index < -0.39 is 11.8 Å². The van der Waals surface area contributed by atoms with Crippen LogP contribution < -0.4 is 14.5 Å². The van der Waals surface area contributed by atoms with E-state index in [-0.39, 0.29) is 17.0 Å². The average molecular weight is 637 g/mol. The van der Waals surface area contributed by atoms with Crippen molar-refractivity contribution >= 4 is 45.8 Å². The highest BCUT2D eigenvalue weighted by atomic mass is 35.5. The summed E-state index contributed by atoms with van der Waals surface area (Å²) >= 11 is 6.49. The number of methoxy groups -OCH3 is 1. The van der Waals surface area contributed by atoms with Gasteiger partial charge in [-0.2, -0.15) is 9.97 Å². The maximum absolute atomic E-state index is 14.5. The number of anilines is 2. The molecular formula is C33H38ClFN6O4. The highest BCUT2D eigenvalue weighted by Crippen LogP contribution is 2.38. The number of benzene rings is 2. The van der Waals surface area contributed by atoms with Gasteiger partial charge in [-0.25, -0.2) is 9.18 Å². The van der Waals surface area contributed by atoms with E-state index in [4.69, 9.17) is 26.3 Å². The first-order valence-corrected chi connectivity index (χ1v) is 15.7. The van der Waals surface area contributed by atoms with Gasteiger partial charge in [-0.05, 0) is 56.8 Å². The summed E-state index contributed by atoms with van der Waals surface area (Å²) in [7, 11) is 5.39. The van der Waals surface area contributed by atoms with Crippen LogP contribution in [-0.2, 0) is 27.3 Å². The molecule has 45 heavy (non-hydrogen) atoms. The molecule has 1 aromatic heterocycles. The molecular weight excluding hydrogens is 599 g/mol. The maximum atomic E-state index is 14.5. The molecule has 238 valence electrons. The average Bonchev–Trinajstić information content (AvgIpc) is 3.72. The van der Waals surface area contributed by atoms with Gasteiger partial charge in [0.25, 0.3) is 0 Å². The van der Waals surface area contributed by atoms with Crippen molar-refractivity contribution in [1.29, 1.82) is 0 Å². The van der Waals surface area contributed by atoms with Crippen LogP contribution >= 0.6 is 11.6 Å². The van der Waals surface area contributed by atoms with Gasteiger partial charge in [0.15, 0.2) is 0 Å². The van der Waals surface area contributed by atoms with Crippen LogP contribution in [0.1, 0.15) is 30.5 Å². The van der Waals surface area contributed by atoms with Crippen LogP contribution in [0.3, 0.4) is 0 Å². The number of hydrogen-bond donors (Lipinski definition) is 0. The first-order valence-electron chi connectivity index (χ1n) is 15.4. The van der Waals surface area contributed by atoms with E-state index in [9.17, 15) is 14.0 Å². The molecule has 3 aliphatic rings. The molecule has 3 aromatic rings. The number of nitrogens with zero attached hydrogens (tertiary/aromatic N) is 6. The van der Waals surface area contributed by atoms with Gasteiger partial charge in [0.2, 0.25) is 5.91 Å². The Bertz CT molecular complexity index is 1640. The number of esters is 1. The minimum Gasteiger partial charge on any atom is -0.466 e. The summed E-state index contributed by atoms with van der Waals surface area (Å²) in [5.74, 6) is -0.449. The molecule has 0 unspecified atom stereocenters. The molecule has 0 bridgehead atoms. The van der Waals surface area contributed by atoms with Crippen LogP contribution in [0.15, 0.2) is 42.5 Å². The van der Waals surface area contributed by atoms with E-state index in [2.05, 4.69) is 26.5 Å². The Labute approximate surface area is 267 Å². The number of hydrogen-bond acceptors (Lipinski definition) is 9. The number of ether oxygens (including phenoxy) is 2. The number of rotatable bonds is 8. The number of amides is 1. The van der Waals surface area contributed by atoms with Gasteiger partial charge in [-0.15, -0.1) is 0 Å². The number of fused-ring (bicyclic) bond motifs is 2. The first-order chi connectivity index (χ1) is 21.7. The predicted molar refractivity (Wildman–Crippen MR) is 171 cm³/mol. The molecule has 0 radical (unpaired) electrons. The Morgan fingerprint density at radius 3 is 2.76 bits per heavy atom. The zero-order valence-corrected chi connectivity index (χ0v) is 26.6. The van der Waals surface area contributed by atoms with Crippen LogP contribution in [0.25, 0.3) is 10.8 Å². The Morgan fingerprint density at radius 2 is 1.98 bits per heavy atom. The van der Waals surface area contributed by atoms with E-state index in [0.29, 0.717) is 56.6 Å². The Hall–Kier alpha value is -3.96. The van der Waals surface area contributed by atoms with Crippen molar-refractivity contribution in [3.8, 4) is 6.01 Å². The summed E-state index contributed by atoms with van der Waals surface area (Å²) in [5, 5.41) is 1.68. The van der Waals surface area contributed by atoms with Gasteiger partial charge in [0.1, 0.15) is 18.2 Å². The Kier molecular flexibility index (Phi) is 9.09. The van der Waals surface area contributed by atoms with Gasteiger partial charge in [0.05, 0.1) is 24.4 Å². The van der Waals surface area contributed by atoms with Crippen molar-refractivity contribution in [2.45, 2.75) is 44.3 Å². The molecule has 2 fully saturated rings. The van der Waals surface area contributed by atoms with Gasteiger partial charge < -0.3 is 29.1 Å². The van der Waals surface area contributed by atoms with E-state index in [1.165, 1.54) is 19.3 Å². The third-order valence-electron chi connectivity index (χ3n) is 9.27. The van der Waals surface area contributed by atoms with E-state index in [0.717, 1.165) is 60.0 Å². The second-order valence-corrected chi connectivity index (χ2v) is 12.3. The molecule has 1 amide bonds. The summed E-state index contributed by atoms with van der Waals surface area (Å²) in [6.07, 6.45) is 6.03. The molecule has 6 rings (SSSR count). The van der Waals surface area contributed by atoms with Crippen molar-refractivity contribution in [2.24, 2.45) is 0 Å². The third kappa shape index (κ3) is 6.41. The molecule has 0 aliphatic carbocycles. The zero-order valence-electron chi connectivity index (χ0n) is 25.8. The molecule has 2 saturated heterocycles. The maximum Gasteiger partial charge on any atom is 0.330 e. The molecule has 2 aromatic carbocycles. The minimum atomic E-state index is -0.565. The zero-order chi connectivity index (χ0) is 31.7. The normalized spacial score (nSPS) is 20.2. The summed E-state index contributed by atoms with van der Waals surface area (Å²) in [6, 6.07) is 9.66.